The molecule has 0 saturated carbocycles. The predicted octanol–water partition coefficient (Wildman–Crippen LogP) is 2.40. The van der Waals surface area contributed by atoms with Crippen LogP contribution in [0.15, 0.2) is 30.3 Å². The van der Waals surface area contributed by atoms with Crippen molar-refractivity contribution in [2.24, 2.45) is 11.8 Å². The van der Waals surface area contributed by atoms with Crippen LogP contribution in [-0.2, 0) is 35.1 Å². The lowest BCUT2D eigenvalue weighted by Crippen LogP contribution is -2.58. The number of hydrogen-bond donors (Lipinski definition) is 4. The standard InChI is InChI=1S/C30H46N4O6/c1-7-11-22-17-26(35)32-24(16-21-12-9-8-10-13-21)29(38)33-23(14-18(2)3)28(37)31-20(6)27(36)34-25(15-19(4)5)30(39)40-22/h8-10,12-13,18-20,22-25H,7,11,14-17H2,1-6H3,(H,31,37)(H,32,35)(H,33,38)(H,34,36)/t20-,22?,23-,24?,25?/m1/s1. The van der Waals surface area contributed by atoms with Crippen molar-refractivity contribution < 1.29 is 28.7 Å². The summed E-state index contributed by atoms with van der Waals surface area (Å²) in [5, 5.41) is 11.0. The van der Waals surface area contributed by atoms with Gasteiger partial charge in [0.2, 0.25) is 23.6 Å². The van der Waals surface area contributed by atoms with Gasteiger partial charge in [0.15, 0.2) is 0 Å². The fourth-order valence-electron chi connectivity index (χ4n) is 4.63. The molecule has 0 aliphatic carbocycles. The molecule has 0 spiro atoms. The van der Waals surface area contributed by atoms with Crippen LogP contribution in [0.4, 0.5) is 0 Å². The molecule has 1 aliphatic heterocycles. The second kappa shape index (κ2) is 16.0. The molecule has 4 N–H and O–H groups in total. The van der Waals surface area contributed by atoms with Crippen molar-refractivity contribution in [3.05, 3.63) is 35.9 Å². The Bertz CT molecular complexity index is 1010. The van der Waals surface area contributed by atoms with Gasteiger partial charge in [-0.25, -0.2) is 4.79 Å². The molecule has 222 valence electrons. The zero-order valence-corrected chi connectivity index (χ0v) is 24.6. The Labute approximate surface area is 237 Å². The third-order valence-corrected chi connectivity index (χ3v) is 6.64. The molecular weight excluding hydrogens is 512 g/mol. The van der Waals surface area contributed by atoms with Gasteiger partial charge in [-0.2, -0.15) is 0 Å². The third kappa shape index (κ3) is 11.0. The van der Waals surface area contributed by atoms with Crippen LogP contribution in [0.25, 0.3) is 0 Å². The van der Waals surface area contributed by atoms with Gasteiger partial charge in [-0.1, -0.05) is 71.4 Å². The van der Waals surface area contributed by atoms with Crippen LogP contribution in [0.5, 0.6) is 0 Å². The summed E-state index contributed by atoms with van der Waals surface area (Å²) in [6, 6.07) is 5.48. The van der Waals surface area contributed by atoms with E-state index >= 15 is 0 Å². The Hall–Kier alpha value is -3.43. The summed E-state index contributed by atoms with van der Waals surface area (Å²) in [5.74, 6) is -2.51. The molecule has 0 bridgehead atoms. The van der Waals surface area contributed by atoms with Crippen molar-refractivity contribution in [3.8, 4) is 0 Å². The summed E-state index contributed by atoms with van der Waals surface area (Å²) in [5.41, 5.74) is 0.834. The van der Waals surface area contributed by atoms with E-state index < -0.39 is 59.9 Å². The van der Waals surface area contributed by atoms with Gasteiger partial charge in [0.05, 0.1) is 6.42 Å². The van der Waals surface area contributed by atoms with E-state index in [-0.39, 0.29) is 24.7 Å². The number of amides is 4. The van der Waals surface area contributed by atoms with E-state index in [2.05, 4.69) is 21.3 Å². The smallest absolute Gasteiger partial charge is 0.328 e. The minimum Gasteiger partial charge on any atom is -0.460 e. The lowest BCUT2D eigenvalue weighted by molar-refractivity contribution is -0.155. The van der Waals surface area contributed by atoms with Gasteiger partial charge < -0.3 is 26.0 Å². The van der Waals surface area contributed by atoms with Crippen molar-refractivity contribution in [3.63, 3.8) is 0 Å². The first-order valence-electron chi connectivity index (χ1n) is 14.3. The molecule has 0 radical (unpaired) electrons. The van der Waals surface area contributed by atoms with Crippen molar-refractivity contribution in [2.75, 3.05) is 0 Å². The maximum absolute atomic E-state index is 13.5. The van der Waals surface area contributed by atoms with Gasteiger partial charge in [-0.15, -0.1) is 0 Å². The van der Waals surface area contributed by atoms with Crippen LogP contribution in [0.2, 0.25) is 0 Å². The largest absolute Gasteiger partial charge is 0.460 e. The Morgan fingerprint density at radius 1 is 0.775 bits per heavy atom. The first-order valence-corrected chi connectivity index (χ1v) is 14.3. The number of rotatable bonds is 8. The molecule has 2 rings (SSSR count). The number of benzene rings is 1. The third-order valence-electron chi connectivity index (χ3n) is 6.64. The summed E-state index contributed by atoms with van der Waals surface area (Å²) >= 11 is 0. The van der Waals surface area contributed by atoms with Gasteiger partial charge in [0.25, 0.3) is 0 Å². The first kappa shape index (κ1) is 32.8. The Kier molecular flexibility index (Phi) is 13.1. The summed E-state index contributed by atoms with van der Waals surface area (Å²) in [6.45, 7) is 11.1. The van der Waals surface area contributed by atoms with Crippen molar-refractivity contribution in [1.29, 1.82) is 0 Å². The second-order valence-corrected chi connectivity index (χ2v) is 11.5. The van der Waals surface area contributed by atoms with Gasteiger partial charge in [-0.05, 0) is 43.6 Å². The van der Waals surface area contributed by atoms with Crippen LogP contribution in [-0.4, -0.2) is 59.9 Å². The lowest BCUT2D eigenvalue weighted by atomic mass is 10.00. The quantitative estimate of drug-likeness (QED) is 0.361. The molecule has 1 aromatic carbocycles. The molecule has 4 amide bonds. The van der Waals surface area contributed by atoms with Crippen LogP contribution in [0.1, 0.15) is 79.2 Å². The summed E-state index contributed by atoms with van der Waals surface area (Å²) in [7, 11) is 0. The molecule has 0 aromatic heterocycles. The predicted molar refractivity (Wildman–Crippen MR) is 152 cm³/mol. The number of carbonyl (C=O) groups excluding carboxylic acids is 5. The molecule has 3 unspecified atom stereocenters. The minimum atomic E-state index is -0.961. The molecule has 1 aromatic rings. The summed E-state index contributed by atoms with van der Waals surface area (Å²) in [6.07, 6.45) is 1.14. The normalized spacial score (nSPS) is 25.6. The SMILES string of the molecule is CCCC1CC(=O)NC(Cc2ccccc2)C(=O)N[C@H](CC(C)C)C(=O)N[C@H](C)C(=O)NC(CC(C)C)C(=O)O1. The lowest BCUT2D eigenvalue weighted by Gasteiger charge is -2.28. The fraction of sp³-hybridized carbons (Fsp3) is 0.633. The highest BCUT2D eigenvalue weighted by Gasteiger charge is 2.33. The highest BCUT2D eigenvalue weighted by molar-refractivity contribution is 5.95. The van der Waals surface area contributed by atoms with Crippen LogP contribution in [0, 0.1) is 11.8 Å². The molecule has 10 heteroatoms. The van der Waals surface area contributed by atoms with E-state index in [1.54, 1.807) is 0 Å². The number of esters is 1. The van der Waals surface area contributed by atoms with Gasteiger partial charge >= 0.3 is 5.97 Å². The minimum absolute atomic E-state index is 0.0629. The number of cyclic esters (lactones) is 1. The van der Waals surface area contributed by atoms with Crippen LogP contribution < -0.4 is 21.3 Å². The van der Waals surface area contributed by atoms with Crippen molar-refractivity contribution >= 4 is 29.6 Å². The Morgan fingerprint density at radius 3 is 1.95 bits per heavy atom. The molecule has 5 atom stereocenters. The van der Waals surface area contributed by atoms with Crippen LogP contribution >= 0.6 is 0 Å². The van der Waals surface area contributed by atoms with E-state index in [0.29, 0.717) is 25.7 Å². The highest BCUT2D eigenvalue weighted by Crippen LogP contribution is 2.14. The van der Waals surface area contributed by atoms with Gasteiger partial charge in [0.1, 0.15) is 30.3 Å². The van der Waals surface area contributed by atoms with Gasteiger partial charge in [0, 0.05) is 6.42 Å². The zero-order chi connectivity index (χ0) is 29.8. The fourth-order valence-corrected chi connectivity index (χ4v) is 4.63. The molecular formula is C30H46N4O6. The molecule has 40 heavy (non-hydrogen) atoms. The first-order chi connectivity index (χ1) is 18.9. The average molecular weight is 559 g/mol. The average Bonchev–Trinajstić information content (AvgIpc) is 2.86. The topological polar surface area (TPSA) is 143 Å². The van der Waals surface area contributed by atoms with E-state index in [1.165, 1.54) is 6.92 Å². The van der Waals surface area contributed by atoms with E-state index in [9.17, 15) is 24.0 Å². The molecule has 10 nitrogen and oxygen atoms in total. The zero-order valence-electron chi connectivity index (χ0n) is 24.6. The van der Waals surface area contributed by atoms with Crippen molar-refractivity contribution in [2.45, 2.75) is 110 Å². The number of ether oxygens (including phenoxy) is 1. The molecule has 1 fully saturated rings. The van der Waals surface area contributed by atoms with E-state index in [4.69, 9.17) is 4.74 Å². The monoisotopic (exact) mass is 558 g/mol. The highest BCUT2D eigenvalue weighted by atomic mass is 16.5. The van der Waals surface area contributed by atoms with Crippen LogP contribution in [0.3, 0.4) is 0 Å². The van der Waals surface area contributed by atoms with Gasteiger partial charge in [-0.3, -0.25) is 19.2 Å². The summed E-state index contributed by atoms with van der Waals surface area (Å²) in [4.78, 5) is 66.0. The molecule has 1 saturated heterocycles. The van der Waals surface area contributed by atoms with E-state index in [1.807, 2.05) is 65.0 Å². The maximum Gasteiger partial charge on any atom is 0.328 e. The number of carbonyl (C=O) groups is 5. The summed E-state index contributed by atoms with van der Waals surface area (Å²) < 4.78 is 5.72. The molecule has 1 aliphatic rings. The molecule has 1 heterocycles. The number of hydrogen-bond acceptors (Lipinski definition) is 6. The maximum atomic E-state index is 13.5. The second-order valence-electron chi connectivity index (χ2n) is 11.5. The Balaban J connectivity index is 2.44. The Morgan fingerprint density at radius 2 is 1.35 bits per heavy atom. The van der Waals surface area contributed by atoms with E-state index in [0.717, 1.165) is 5.56 Å². The van der Waals surface area contributed by atoms with Crippen molar-refractivity contribution in [1.82, 2.24) is 21.3 Å². The number of nitrogens with one attached hydrogen (secondary N) is 4.